The van der Waals surface area contributed by atoms with Gasteiger partial charge in [-0.25, -0.2) is 0 Å². The number of hydrogen-bond acceptors (Lipinski definition) is 5. The molecule has 0 amide bonds. The van der Waals surface area contributed by atoms with Crippen LogP contribution >= 0.6 is 11.8 Å². The van der Waals surface area contributed by atoms with Crippen LogP contribution in [0.4, 0.5) is 34.1 Å². The van der Waals surface area contributed by atoms with Crippen molar-refractivity contribution in [3.63, 3.8) is 0 Å². The van der Waals surface area contributed by atoms with E-state index in [4.69, 9.17) is 8.83 Å². The summed E-state index contributed by atoms with van der Waals surface area (Å²) >= 11 is 1.91. The normalized spacial score (nSPS) is 14.5. The average Bonchev–Trinajstić information content (AvgIpc) is 3.85. The zero-order valence-corrected chi connectivity index (χ0v) is 37.1. The molecule has 0 fully saturated rings. The maximum absolute atomic E-state index is 7.27. The predicted octanol–water partition coefficient (Wildman–Crippen LogP) is 14.0. The van der Waals surface area contributed by atoms with Crippen molar-refractivity contribution >= 4 is 102 Å². The van der Waals surface area contributed by atoms with Crippen molar-refractivity contribution in [3.8, 4) is 0 Å². The first-order valence-corrected chi connectivity index (χ1v) is 23.1. The van der Waals surface area contributed by atoms with Gasteiger partial charge in [-0.15, -0.1) is 0 Å². The van der Waals surface area contributed by atoms with Gasteiger partial charge in [0, 0.05) is 55.0 Å². The smallest absolute Gasteiger partial charge is 0.295 e. The molecular weight excluding hydrogens is 776 g/mol. The largest absolute Gasteiger partial charge is 0.473 e. The predicted molar refractivity (Wildman–Crippen MR) is 262 cm³/mol. The maximum atomic E-state index is 7.27. The molecule has 0 atom stereocenters. The van der Waals surface area contributed by atoms with E-state index in [1.54, 1.807) is 0 Å². The molecule has 4 heterocycles. The Hall–Kier alpha value is -6.11. The zero-order valence-electron chi connectivity index (χ0n) is 36.3. The van der Waals surface area contributed by atoms with Crippen molar-refractivity contribution in [3.05, 3.63) is 162 Å². The first kappa shape index (κ1) is 37.6. The van der Waals surface area contributed by atoms with Crippen molar-refractivity contribution in [2.45, 2.75) is 87.8 Å². The van der Waals surface area contributed by atoms with Crippen molar-refractivity contribution < 1.29 is 8.83 Å². The summed E-state index contributed by atoms with van der Waals surface area (Å²) in [6.45, 7) is 13.8. The minimum Gasteiger partial charge on any atom is -0.473 e. The van der Waals surface area contributed by atoms with E-state index in [1.807, 2.05) is 11.8 Å². The average molecular weight is 825 g/mol. The number of hydrogen-bond donors (Lipinski definition) is 0. The number of furan rings is 2. The fraction of sp³-hybridized carbons (Fsp3) is 0.214. The van der Waals surface area contributed by atoms with Crippen LogP contribution in [0, 0.1) is 0 Å². The molecule has 9 aromatic rings. The molecule has 2 aromatic heterocycles. The molecule has 0 radical (unpaired) electrons. The summed E-state index contributed by atoms with van der Waals surface area (Å²) in [5.41, 5.74) is 16.4. The molecule has 0 spiro atoms. The first-order valence-electron chi connectivity index (χ1n) is 22.2. The SMILES string of the molecule is CC(C)(C)c1ccc(N(c2ccc3c(c2)Sc2cc(C(C)(C)C)cc4c2B3c2oc3c(c2N4c2cccc4c2oc2ccccc24)CCCC3)c2cccc3ccccc23)cc1. The quantitative estimate of drug-likeness (QED) is 0.165. The van der Waals surface area contributed by atoms with E-state index < -0.39 is 0 Å². The maximum Gasteiger partial charge on any atom is 0.295 e. The minimum absolute atomic E-state index is 0.0527. The highest BCUT2D eigenvalue weighted by Gasteiger charge is 2.47. The lowest BCUT2D eigenvalue weighted by Gasteiger charge is -2.39. The van der Waals surface area contributed by atoms with Gasteiger partial charge in [0.2, 0.25) is 0 Å². The summed E-state index contributed by atoms with van der Waals surface area (Å²) in [5, 5.41) is 4.73. The van der Waals surface area contributed by atoms with Crippen LogP contribution in [0.1, 0.15) is 76.8 Å². The molecule has 4 nitrogen and oxygen atoms in total. The Morgan fingerprint density at radius 1 is 0.597 bits per heavy atom. The molecule has 12 rings (SSSR count). The van der Waals surface area contributed by atoms with Crippen molar-refractivity contribution in [2.24, 2.45) is 0 Å². The fourth-order valence-electron chi connectivity index (χ4n) is 10.4. The number of anilines is 6. The van der Waals surface area contributed by atoms with Crippen LogP contribution in [-0.2, 0) is 23.7 Å². The molecular formula is C56H49BN2O2S. The highest BCUT2D eigenvalue weighted by Crippen LogP contribution is 2.50. The Morgan fingerprint density at radius 2 is 1.31 bits per heavy atom. The Balaban J connectivity index is 1.09. The molecule has 1 aliphatic carbocycles. The molecule has 0 saturated heterocycles. The summed E-state index contributed by atoms with van der Waals surface area (Å²) in [5.74, 6) is 1.14. The van der Waals surface area contributed by atoms with Gasteiger partial charge >= 0.3 is 0 Å². The van der Waals surface area contributed by atoms with E-state index in [0.717, 1.165) is 76.1 Å². The minimum atomic E-state index is -0.0821. The number of benzene rings is 7. The van der Waals surface area contributed by atoms with E-state index in [1.165, 1.54) is 65.2 Å². The van der Waals surface area contributed by atoms with E-state index >= 15 is 0 Å². The van der Waals surface area contributed by atoms with Gasteiger partial charge in [-0.05, 0) is 107 Å². The molecule has 2 aliphatic heterocycles. The summed E-state index contributed by atoms with van der Waals surface area (Å²) in [6.07, 6.45) is 4.26. The first-order chi connectivity index (χ1) is 30.0. The third-order valence-electron chi connectivity index (χ3n) is 13.6. The van der Waals surface area contributed by atoms with Gasteiger partial charge in [0.25, 0.3) is 6.71 Å². The van der Waals surface area contributed by atoms with Crippen LogP contribution in [0.5, 0.6) is 0 Å². The van der Waals surface area contributed by atoms with Gasteiger partial charge in [0.15, 0.2) is 5.58 Å². The topological polar surface area (TPSA) is 32.8 Å². The number of rotatable bonds is 4. The summed E-state index contributed by atoms with van der Waals surface area (Å²) in [6, 6.07) is 51.8. The summed E-state index contributed by atoms with van der Waals surface area (Å²) < 4.78 is 14.1. The Labute approximate surface area is 368 Å². The third kappa shape index (κ3) is 5.75. The van der Waals surface area contributed by atoms with Gasteiger partial charge in [-0.2, -0.15) is 0 Å². The lowest BCUT2D eigenvalue weighted by Crippen LogP contribution is -2.59. The van der Waals surface area contributed by atoms with Gasteiger partial charge in [0.1, 0.15) is 11.3 Å². The van der Waals surface area contributed by atoms with Crippen LogP contribution in [0.3, 0.4) is 0 Å². The van der Waals surface area contributed by atoms with Crippen LogP contribution in [0.2, 0.25) is 0 Å². The molecule has 6 heteroatoms. The van der Waals surface area contributed by atoms with Crippen LogP contribution in [0.25, 0.3) is 32.7 Å². The number of aryl methyl sites for hydroxylation is 1. The van der Waals surface area contributed by atoms with Crippen molar-refractivity contribution in [1.29, 1.82) is 0 Å². The molecule has 7 aromatic carbocycles. The van der Waals surface area contributed by atoms with Crippen LogP contribution < -0.4 is 26.4 Å². The number of fused-ring (bicyclic) bond motifs is 10. The molecule has 0 saturated carbocycles. The molecule has 62 heavy (non-hydrogen) atoms. The molecule has 3 aliphatic rings. The van der Waals surface area contributed by atoms with E-state index in [-0.39, 0.29) is 17.5 Å². The number of para-hydroxylation sites is 2. The molecule has 0 unspecified atom stereocenters. The second-order valence-electron chi connectivity index (χ2n) is 19.6. The zero-order chi connectivity index (χ0) is 42.1. The van der Waals surface area contributed by atoms with Crippen molar-refractivity contribution in [1.82, 2.24) is 0 Å². The second kappa shape index (κ2) is 13.7. The van der Waals surface area contributed by atoms with Gasteiger partial charge in [-0.3, -0.25) is 0 Å². The van der Waals surface area contributed by atoms with Gasteiger partial charge < -0.3 is 18.6 Å². The van der Waals surface area contributed by atoms with E-state index in [0.29, 0.717) is 0 Å². The lowest BCUT2D eigenvalue weighted by molar-refractivity contribution is 0.497. The van der Waals surface area contributed by atoms with Gasteiger partial charge in [0.05, 0.1) is 22.7 Å². The monoisotopic (exact) mass is 824 g/mol. The highest BCUT2D eigenvalue weighted by molar-refractivity contribution is 8.00. The Bertz CT molecular complexity index is 3270. The summed E-state index contributed by atoms with van der Waals surface area (Å²) in [4.78, 5) is 7.54. The molecule has 0 N–H and O–H groups in total. The second-order valence-corrected chi connectivity index (χ2v) is 20.6. The van der Waals surface area contributed by atoms with Crippen molar-refractivity contribution in [2.75, 3.05) is 9.80 Å². The highest BCUT2D eigenvalue weighted by atomic mass is 32.2. The van der Waals surface area contributed by atoms with E-state index in [2.05, 4.69) is 191 Å². The standard InChI is InChI=1S/C56H49BN2O2S/c1-55(2,3)35-25-27-37(28-26-35)58(44-21-13-16-34-15-7-8-17-39(34)44)38-29-30-43-49(33-38)62-50-32-36(56(4,5)6)31-46-51(50)57(43)54-52(42-19-10-12-24-48(42)61-54)59(46)45-22-14-20-41-40-18-9-11-23-47(40)60-53(41)45/h7-9,11,13-18,20-23,25-33H,10,12,19,24H2,1-6H3. The Kier molecular flexibility index (Phi) is 8.32. The van der Waals surface area contributed by atoms with Gasteiger partial charge in [-0.1, -0.05) is 144 Å². The van der Waals surface area contributed by atoms with E-state index in [9.17, 15) is 0 Å². The summed E-state index contributed by atoms with van der Waals surface area (Å²) in [7, 11) is 0. The third-order valence-corrected chi connectivity index (χ3v) is 14.7. The number of nitrogens with zero attached hydrogens (tertiary/aromatic N) is 2. The lowest BCUT2D eigenvalue weighted by atomic mass is 9.37. The van der Waals surface area contributed by atoms with Crippen LogP contribution in [-0.4, -0.2) is 6.71 Å². The van der Waals surface area contributed by atoms with Crippen LogP contribution in [0.15, 0.2) is 158 Å². The Morgan fingerprint density at radius 3 is 2.13 bits per heavy atom. The fourth-order valence-corrected chi connectivity index (χ4v) is 11.6. The molecule has 0 bridgehead atoms. The molecule has 304 valence electrons.